The summed E-state index contributed by atoms with van der Waals surface area (Å²) in [4.78, 5) is 24.1. The van der Waals surface area contributed by atoms with Crippen molar-refractivity contribution in [3.63, 3.8) is 0 Å². The van der Waals surface area contributed by atoms with Crippen molar-refractivity contribution in [3.05, 3.63) is 22.7 Å². The maximum absolute atomic E-state index is 11.9. The predicted molar refractivity (Wildman–Crippen MR) is 71.4 cm³/mol. The zero-order valence-corrected chi connectivity index (χ0v) is 11.4. The smallest absolute Gasteiger partial charge is 0.339 e. The number of rotatable bonds is 2. The molecule has 0 atom stereocenters. The number of benzene rings is 1. The van der Waals surface area contributed by atoms with E-state index < -0.39 is 5.97 Å². The lowest BCUT2D eigenvalue weighted by Crippen LogP contribution is -2.11. The van der Waals surface area contributed by atoms with Crippen LogP contribution in [-0.4, -0.2) is 24.2 Å². The molecule has 0 radical (unpaired) electrons. The van der Waals surface area contributed by atoms with Crippen molar-refractivity contribution in [2.45, 2.75) is 18.2 Å². The molecular weight excluding hydrogens is 274 g/mol. The molecule has 0 bridgehead atoms. The number of fused-ring (bicyclic) bond motifs is 1. The molecule has 4 nitrogen and oxygen atoms in total. The summed E-state index contributed by atoms with van der Waals surface area (Å²) >= 11 is 7.42. The topological polar surface area (TPSA) is 55.4 Å². The maximum atomic E-state index is 11.9. The molecule has 1 aromatic rings. The summed E-state index contributed by atoms with van der Waals surface area (Å²) in [5.74, 6) is 0.144. The molecule has 2 rings (SSSR count). The SMILES string of the molecule is CCOC(=O)c1cc(Cl)cc2c1SCCC(=O)N2. The van der Waals surface area contributed by atoms with Gasteiger partial charge in [-0.2, -0.15) is 0 Å². The Morgan fingerprint density at radius 3 is 3.06 bits per heavy atom. The van der Waals surface area contributed by atoms with E-state index in [2.05, 4.69) is 5.32 Å². The molecule has 0 spiro atoms. The first-order chi connectivity index (χ1) is 8.61. The third-order valence-electron chi connectivity index (χ3n) is 2.40. The Kier molecular flexibility index (Phi) is 4.14. The van der Waals surface area contributed by atoms with E-state index in [0.29, 0.717) is 35.1 Å². The Morgan fingerprint density at radius 2 is 2.33 bits per heavy atom. The van der Waals surface area contributed by atoms with Gasteiger partial charge in [-0.15, -0.1) is 11.8 Å². The van der Waals surface area contributed by atoms with Crippen LogP contribution in [0.4, 0.5) is 5.69 Å². The molecule has 0 unspecified atom stereocenters. The molecule has 1 amide bonds. The van der Waals surface area contributed by atoms with Crippen LogP contribution in [0.15, 0.2) is 17.0 Å². The standard InChI is InChI=1S/C12H12ClNO3S/c1-2-17-12(16)8-5-7(13)6-9-11(8)18-4-3-10(15)14-9/h5-6H,2-4H2,1H3,(H,14,15). The second-order valence-electron chi connectivity index (χ2n) is 3.70. The number of halogens is 1. The summed E-state index contributed by atoms with van der Waals surface area (Å²) in [6, 6.07) is 3.22. The first-order valence-corrected chi connectivity index (χ1v) is 6.91. The Hall–Kier alpha value is -1.20. The molecule has 6 heteroatoms. The Labute approximate surface area is 114 Å². The molecule has 1 aromatic carbocycles. The van der Waals surface area contributed by atoms with E-state index in [1.807, 2.05) is 0 Å². The van der Waals surface area contributed by atoms with E-state index in [1.165, 1.54) is 11.8 Å². The minimum absolute atomic E-state index is 0.0710. The highest BCUT2D eigenvalue weighted by Gasteiger charge is 2.21. The minimum Gasteiger partial charge on any atom is -0.462 e. The molecule has 0 saturated carbocycles. The Bertz CT molecular complexity index is 504. The fraction of sp³-hybridized carbons (Fsp3) is 0.333. The zero-order valence-electron chi connectivity index (χ0n) is 9.79. The predicted octanol–water partition coefficient (Wildman–Crippen LogP) is 2.95. The third-order valence-corrected chi connectivity index (χ3v) is 3.75. The number of hydrogen-bond acceptors (Lipinski definition) is 4. The number of carbonyl (C=O) groups excluding carboxylic acids is 2. The number of hydrogen-bond donors (Lipinski definition) is 1. The molecule has 96 valence electrons. The molecule has 1 N–H and O–H groups in total. The van der Waals surface area contributed by atoms with Crippen molar-refractivity contribution < 1.29 is 14.3 Å². The lowest BCUT2D eigenvalue weighted by molar-refractivity contribution is -0.115. The molecule has 1 heterocycles. The number of amides is 1. The van der Waals surface area contributed by atoms with Crippen LogP contribution in [-0.2, 0) is 9.53 Å². The first-order valence-electron chi connectivity index (χ1n) is 5.55. The van der Waals surface area contributed by atoms with E-state index in [4.69, 9.17) is 16.3 Å². The highest BCUT2D eigenvalue weighted by Crippen LogP contribution is 2.36. The van der Waals surface area contributed by atoms with Crippen LogP contribution in [0.5, 0.6) is 0 Å². The largest absolute Gasteiger partial charge is 0.462 e. The van der Waals surface area contributed by atoms with Gasteiger partial charge in [-0.05, 0) is 19.1 Å². The molecule has 0 saturated heterocycles. The second kappa shape index (κ2) is 5.63. The van der Waals surface area contributed by atoms with Gasteiger partial charge in [0.25, 0.3) is 0 Å². The van der Waals surface area contributed by atoms with Crippen molar-refractivity contribution in [2.75, 3.05) is 17.7 Å². The maximum Gasteiger partial charge on any atom is 0.339 e. The van der Waals surface area contributed by atoms with Gasteiger partial charge in [-0.25, -0.2) is 4.79 Å². The minimum atomic E-state index is -0.417. The lowest BCUT2D eigenvalue weighted by atomic mass is 10.2. The van der Waals surface area contributed by atoms with Gasteiger partial charge in [0.05, 0.1) is 17.9 Å². The number of anilines is 1. The molecule has 1 aliphatic rings. The number of thioether (sulfide) groups is 1. The third kappa shape index (κ3) is 2.79. The van der Waals surface area contributed by atoms with Crippen molar-refractivity contribution in [1.82, 2.24) is 0 Å². The van der Waals surface area contributed by atoms with E-state index in [-0.39, 0.29) is 5.91 Å². The van der Waals surface area contributed by atoms with Crippen LogP contribution in [0.25, 0.3) is 0 Å². The van der Waals surface area contributed by atoms with Gasteiger partial charge in [-0.3, -0.25) is 4.79 Å². The average molecular weight is 286 g/mol. The molecule has 0 aromatic heterocycles. The van der Waals surface area contributed by atoms with Crippen LogP contribution in [0.2, 0.25) is 5.02 Å². The van der Waals surface area contributed by atoms with Crippen LogP contribution in [0, 0.1) is 0 Å². The molecule has 0 aliphatic carbocycles. The summed E-state index contributed by atoms with van der Waals surface area (Å²) in [5.41, 5.74) is 0.990. The molecule has 18 heavy (non-hydrogen) atoms. The number of carbonyl (C=O) groups is 2. The van der Waals surface area contributed by atoms with E-state index in [0.717, 1.165) is 4.90 Å². The van der Waals surface area contributed by atoms with Crippen LogP contribution < -0.4 is 5.32 Å². The molecular formula is C12H12ClNO3S. The van der Waals surface area contributed by atoms with Gasteiger partial charge in [0.1, 0.15) is 0 Å². The van der Waals surface area contributed by atoms with Gasteiger partial charge >= 0.3 is 5.97 Å². The first kappa shape index (κ1) is 13.2. The fourth-order valence-corrected chi connectivity index (χ4v) is 2.93. The van der Waals surface area contributed by atoms with Crippen LogP contribution >= 0.6 is 23.4 Å². The zero-order chi connectivity index (χ0) is 13.1. The average Bonchev–Trinajstić information content (AvgIpc) is 2.49. The van der Waals surface area contributed by atoms with E-state index in [9.17, 15) is 9.59 Å². The Balaban J connectivity index is 2.47. The van der Waals surface area contributed by atoms with Crippen molar-refractivity contribution >= 4 is 40.9 Å². The summed E-state index contributed by atoms with van der Waals surface area (Å²) < 4.78 is 4.99. The second-order valence-corrected chi connectivity index (χ2v) is 5.24. The van der Waals surface area contributed by atoms with Gasteiger partial charge in [0, 0.05) is 22.1 Å². The van der Waals surface area contributed by atoms with E-state index >= 15 is 0 Å². The summed E-state index contributed by atoms with van der Waals surface area (Å²) in [7, 11) is 0. The highest BCUT2D eigenvalue weighted by molar-refractivity contribution is 7.99. The quantitative estimate of drug-likeness (QED) is 0.849. The summed E-state index contributed by atoms with van der Waals surface area (Å²) in [6.07, 6.45) is 0.416. The highest BCUT2D eigenvalue weighted by atomic mass is 35.5. The summed E-state index contributed by atoms with van der Waals surface area (Å²) in [6.45, 7) is 2.05. The molecule has 0 fully saturated rings. The van der Waals surface area contributed by atoms with Crippen molar-refractivity contribution in [2.24, 2.45) is 0 Å². The van der Waals surface area contributed by atoms with Crippen LogP contribution in [0.1, 0.15) is 23.7 Å². The lowest BCUT2D eigenvalue weighted by Gasteiger charge is -2.11. The summed E-state index contributed by atoms with van der Waals surface area (Å²) in [5, 5.41) is 3.15. The van der Waals surface area contributed by atoms with Crippen LogP contribution in [0.3, 0.4) is 0 Å². The number of ether oxygens (including phenoxy) is 1. The normalized spacial score (nSPS) is 14.4. The van der Waals surface area contributed by atoms with Gasteiger partial charge < -0.3 is 10.1 Å². The van der Waals surface area contributed by atoms with Gasteiger partial charge in [-0.1, -0.05) is 11.6 Å². The van der Waals surface area contributed by atoms with Crippen molar-refractivity contribution in [3.8, 4) is 0 Å². The number of nitrogens with one attached hydrogen (secondary N) is 1. The fourth-order valence-electron chi connectivity index (χ4n) is 1.66. The Morgan fingerprint density at radius 1 is 1.56 bits per heavy atom. The van der Waals surface area contributed by atoms with Gasteiger partial charge in [0.15, 0.2) is 0 Å². The van der Waals surface area contributed by atoms with Gasteiger partial charge in [0.2, 0.25) is 5.91 Å². The monoisotopic (exact) mass is 285 g/mol. The molecule has 1 aliphatic heterocycles. The number of esters is 1. The van der Waals surface area contributed by atoms with E-state index in [1.54, 1.807) is 19.1 Å². The van der Waals surface area contributed by atoms with Crippen molar-refractivity contribution in [1.29, 1.82) is 0 Å².